The molecule has 3 aromatic rings. The SMILES string of the molecule is CC(c1cn(COCC[Si+](C)C)c2nccc(Oc3c(F)cc(NC(=O)NCC4(F)COC4)cc3F)c12)C(F)(F)F. The molecule has 2 aromatic heterocycles. The minimum Gasteiger partial charge on any atom is -0.450 e. The predicted octanol–water partition coefficient (Wildman–Crippen LogP) is 6.36. The van der Waals surface area contributed by atoms with Crippen molar-refractivity contribution in [1.82, 2.24) is 14.9 Å². The molecular formula is C26H29F6N4O4Si+. The van der Waals surface area contributed by atoms with Crippen LogP contribution in [0.15, 0.2) is 30.6 Å². The normalized spacial score (nSPS) is 15.3. The number of urea groups is 1. The zero-order valence-corrected chi connectivity index (χ0v) is 23.5. The van der Waals surface area contributed by atoms with Crippen molar-refractivity contribution in [1.29, 1.82) is 0 Å². The fourth-order valence-electron chi connectivity index (χ4n) is 4.02. The number of aromatic nitrogens is 2. The van der Waals surface area contributed by atoms with Gasteiger partial charge in [-0.1, -0.05) is 0 Å². The Hall–Kier alpha value is -3.30. The van der Waals surface area contributed by atoms with E-state index in [0.29, 0.717) is 6.61 Å². The summed E-state index contributed by atoms with van der Waals surface area (Å²) in [4.78, 5) is 16.2. The van der Waals surface area contributed by atoms with Gasteiger partial charge in [-0.2, -0.15) is 13.2 Å². The number of hydrogen-bond donors (Lipinski definition) is 2. The smallest absolute Gasteiger partial charge is 0.395 e. The van der Waals surface area contributed by atoms with Gasteiger partial charge in [0.2, 0.25) is 0 Å². The second-order valence-corrected chi connectivity index (χ2v) is 13.1. The number of nitrogens with one attached hydrogen (secondary N) is 2. The predicted molar refractivity (Wildman–Crippen MR) is 141 cm³/mol. The number of rotatable bonds is 11. The summed E-state index contributed by atoms with van der Waals surface area (Å²) in [6.45, 7) is 4.81. The summed E-state index contributed by atoms with van der Waals surface area (Å²) >= 11 is 0. The van der Waals surface area contributed by atoms with E-state index in [-0.39, 0.29) is 54.5 Å². The third kappa shape index (κ3) is 7.32. The zero-order valence-electron chi connectivity index (χ0n) is 22.5. The van der Waals surface area contributed by atoms with Crippen LogP contribution >= 0.6 is 0 Å². The number of halogens is 6. The van der Waals surface area contributed by atoms with Gasteiger partial charge in [0.15, 0.2) is 23.1 Å². The Labute approximate surface area is 233 Å². The van der Waals surface area contributed by atoms with E-state index in [4.69, 9.17) is 14.2 Å². The molecule has 2 N–H and O–H groups in total. The summed E-state index contributed by atoms with van der Waals surface area (Å²) < 4.78 is 103. The van der Waals surface area contributed by atoms with Crippen molar-refractivity contribution in [3.05, 3.63) is 47.8 Å². The van der Waals surface area contributed by atoms with Crippen LogP contribution in [0.5, 0.6) is 11.5 Å². The molecule has 8 nitrogen and oxygen atoms in total. The molecule has 1 unspecified atom stereocenters. The minimum absolute atomic E-state index is 0.0721. The quantitative estimate of drug-likeness (QED) is 0.151. The highest BCUT2D eigenvalue weighted by molar-refractivity contribution is 6.55. The molecule has 3 heterocycles. The average Bonchev–Trinajstić information content (AvgIpc) is 3.24. The third-order valence-corrected chi connectivity index (χ3v) is 7.64. The lowest BCUT2D eigenvalue weighted by atomic mass is 10.0. The number of hydrogen-bond acceptors (Lipinski definition) is 5. The monoisotopic (exact) mass is 603 g/mol. The highest BCUT2D eigenvalue weighted by atomic mass is 28.3. The summed E-state index contributed by atoms with van der Waals surface area (Å²) in [5, 5.41) is 4.38. The first-order chi connectivity index (χ1) is 19.3. The van der Waals surface area contributed by atoms with Crippen LogP contribution in [0, 0.1) is 11.6 Å². The number of carbonyl (C=O) groups is 1. The molecule has 1 aliphatic rings. The number of carbonyl (C=O) groups excluding carboxylic acids is 1. The molecule has 0 spiro atoms. The number of nitrogens with zero attached hydrogens (tertiary/aromatic N) is 2. The Balaban J connectivity index is 1.60. The Morgan fingerprint density at radius 1 is 1.24 bits per heavy atom. The molecule has 0 saturated carbocycles. The lowest BCUT2D eigenvalue weighted by molar-refractivity contribution is -0.146. The molecular weight excluding hydrogens is 574 g/mol. The topological polar surface area (TPSA) is 86.6 Å². The molecule has 1 fully saturated rings. The highest BCUT2D eigenvalue weighted by Gasteiger charge is 2.40. The summed E-state index contributed by atoms with van der Waals surface area (Å²) in [7, 11) is -0.560. The van der Waals surface area contributed by atoms with Crippen molar-refractivity contribution in [3.63, 3.8) is 0 Å². The molecule has 222 valence electrons. The van der Waals surface area contributed by atoms with E-state index < -0.39 is 50.0 Å². The van der Waals surface area contributed by atoms with Crippen LogP contribution in [0.3, 0.4) is 0 Å². The van der Waals surface area contributed by atoms with Crippen molar-refractivity contribution in [3.8, 4) is 11.5 Å². The van der Waals surface area contributed by atoms with Crippen LogP contribution in [0.4, 0.5) is 36.8 Å². The molecule has 41 heavy (non-hydrogen) atoms. The standard InChI is InChI=1S/C26H28F6N4O4Si/c1-15(26(30,31)32)17-10-36(14-38-6-7-41(2)3)23-21(17)20(4-5-33-23)40-22-18(27)8-16(9-19(22)28)35-24(37)34-11-25(29)12-39-13-25/h4-5,8-10,15H,6-7,11-14H2,1-3H3,(H-,34,35,37)/p+1. The number of anilines is 1. The van der Waals surface area contributed by atoms with Gasteiger partial charge in [-0.05, 0) is 18.6 Å². The van der Waals surface area contributed by atoms with E-state index in [1.807, 2.05) is 0 Å². The first-order valence-electron chi connectivity index (χ1n) is 12.7. The molecule has 2 amide bonds. The van der Waals surface area contributed by atoms with Crippen LogP contribution < -0.4 is 15.4 Å². The van der Waals surface area contributed by atoms with Crippen molar-refractivity contribution < 1.29 is 45.3 Å². The van der Waals surface area contributed by atoms with E-state index in [2.05, 4.69) is 28.7 Å². The van der Waals surface area contributed by atoms with Crippen LogP contribution in [0.2, 0.25) is 19.1 Å². The van der Waals surface area contributed by atoms with E-state index in [9.17, 15) is 31.1 Å². The van der Waals surface area contributed by atoms with Crippen LogP contribution in [-0.4, -0.2) is 62.6 Å². The van der Waals surface area contributed by atoms with Crippen molar-refractivity contribution in [2.45, 2.75) is 50.6 Å². The lowest BCUT2D eigenvalue weighted by Crippen LogP contribution is -2.54. The Morgan fingerprint density at radius 3 is 2.51 bits per heavy atom. The molecule has 1 aliphatic heterocycles. The first kappa shape index (κ1) is 30.7. The number of benzene rings is 1. The molecule has 4 rings (SSSR count). The fraction of sp³-hybridized carbons (Fsp3) is 0.462. The van der Waals surface area contributed by atoms with Crippen molar-refractivity contribution >= 4 is 31.5 Å². The second kappa shape index (κ2) is 12.3. The molecule has 0 radical (unpaired) electrons. The number of pyridine rings is 1. The fourth-order valence-corrected chi connectivity index (χ4v) is 4.58. The largest absolute Gasteiger partial charge is 0.450 e. The summed E-state index contributed by atoms with van der Waals surface area (Å²) in [6, 6.07) is 2.68. The Kier molecular flexibility index (Phi) is 9.18. The summed E-state index contributed by atoms with van der Waals surface area (Å²) in [6.07, 6.45) is -2.12. The molecule has 0 aliphatic carbocycles. The number of fused-ring (bicyclic) bond motifs is 1. The van der Waals surface area contributed by atoms with Gasteiger partial charge in [0.25, 0.3) is 0 Å². The van der Waals surface area contributed by atoms with Gasteiger partial charge < -0.3 is 29.4 Å². The maximum absolute atomic E-state index is 15.0. The molecule has 15 heteroatoms. The molecule has 0 bridgehead atoms. The highest BCUT2D eigenvalue weighted by Crippen LogP contribution is 2.43. The number of alkyl halides is 4. The van der Waals surface area contributed by atoms with Crippen molar-refractivity contribution in [2.75, 3.05) is 31.7 Å². The van der Waals surface area contributed by atoms with E-state index in [1.54, 1.807) is 0 Å². The Bertz CT molecular complexity index is 1370. The van der Waals surface area contributed by atoms with Gasteiger partial charge in [0, 0.05) is 30.2 Å². The van der Waals surface area contributed by atoms with E-state index in [1.165, 1.54) is 23.0 Å². The van der Waals surface area contributed by atoms with Crippen molar-refractivity contribution in [2.24, 2.45) is 0 Å². The van der Waals surface area contributed by atoms with Crippen LogP contribution in [-0.2, 0) is 16.2 Å². The Morgan fingerprint density at radius 2 is 1.93 bits per heavy atom. The molecule has 1 atom stereocenters. The maximum atomic E-state index is 15.0. The van der Waals surface area contributed by atoms with Gasteiger partial charge in [-0.25, -0.2) is 22.9 Å². The summed E-state index contributed by atoms with van der Waals surface area (Å²) in [5.41, 5.74) is -2.11. The van der Waals surface area contributed by atoms with Crippen LogP contribution in [0.1, 0.15) is 18.4 Å². The number of amides is 2. The number of ether oxygens (including phenoxy) is 3. The minimum atomic E-state index is -4.62. The van der Waals surface area contributed by atoms with E-state index >= 15 is 0 Å². The zero-order chi connectivity index (χ0) is 29.9. The van der Waals surface area contributed by atoms with Crippen LogP contribution in [0.25, 0.3) is 11.0 Å². The third-order valence-electron chi connectivity index (χ3n) is 6.44. The summed E-state index contributed by atoms with van der Waals surface area (Å²) in [5.74, 6) is -5.56. The second-order valence-electron chi connectivity index (χ2n) is 10.1. The molecule has 1 saturated heterocycles. The van der Waals surface area contributed by atoms with E-state index in [0.717, 1.165) is 25.1 Å². The van der Waals surface area contributed by atoms with Gasteiger partial charge >= 0.3 is 21.0 Å². The van der Waals surface area contributed by atoms with Gasteiger partial charge in [0.1, 0.15) is 18.1 Å². The average molecular weight is 604 g/mol. The van der Waals surface area contributed by atoms with Gasteiger partial charge in [-0.15, -0.1) is 0 Å². The van der Waals surface area contributed by atoms with Gasteiger partial charge in [0.05, 0.1) is 56.8 Å². The first-order valence-corrected chi connectivity index (χ1v) is 15.4. The molecule has 1 aromatic carbocycles. The van der Waals surface area contributed by atoms with Gasteiger partial charge in [-0.3, -0.25) is 0 Å². The lowest BCUT2D eigenvalue weighted by Gasteiger charge is -2.33. The maximum Gasteiger partial charge on any atom is 0.395 e.